The lowest BCUT2D eigenvalue weighted by Crippen LogP contribution is -2.39. The number of carbonyl (C=O) groups is 2. The summed E-state index contributed by atoms with van der Waals surface area (Å²) in [5, 5.41) is 2.82. The molecule has 1 aromatic heterocycles. The third kappa shape index (κ3) is 5.97. The smallest absolute Gasteiger partial charge is 0.259 e. The van der Waals surface area contributed by atoms with Gasteiger partial charge in [-0.2, -0.15) is 4.98 Å². The van der Waals surface area contributed by atoms with Crippen molar-refractivity contribution >= 4 is 11.8 Å². The molecule has 0 spiro atoms. The highest BCUT2D eigenvalue weighted by atomic mass is 16.5. The second-order valence-electron chi connectivity index (χ2n) is 7.80. The van der Waals surface area contributed by atoms with Crippen molar-refractivity contribution in [3.05, 3.63) is 53.1 Å². The van der Waals surface area contributed by atoms with Crippen molar-refractivity contribution in [3.63, 3.8) is 0 Å². The van der Waals surface area contributed by atoms with Crippen LogP contribution in [0.2, 0.25) is 0 Å². The molecule has 0 bridgehead atoms. The van der Waals surface area contributed by atoms with E-state index in [0.29, 0.717) is 49.2 Å². The van der Waals surface area contributed by atoms with Crippen molar-refractivity contribution in [1.82, 2.24) is 15.2 Å². The standard InChI is InChI=1S/C24H31N3O5/c1-30-15-12-25-22(28)19-6-4-17(5-7-19)16-18-10-13-27(14-11-18)24(29)20-8-9-21(31-2)26-23(20)32-3/h4-9,18H,10-16H2,1-3H3,(H,25,28). The number of aromatic nitrogens is 1. The third-order valence-electron chi connectivity index (χ3n) is 5.70. The van der Waals surface area contributed by atoms with Gasteiger partial charge in [0, 0.05) is 38.4 Å². The highest BCUT2D eigenvalue weighted by molar-refractivity contribution is 5.96. The molecule has 2 heterocycles. The highest BCUT2D eigenvalue weighted by Gasteiger charge is 2.26. The number of pyridine rings is 1. The molecule has 8 heteroatoms. The number of hydrogen-bond donors (Lipinski definition) is 1. The summed E-state index contributed by atoms with van der Waals surface area (Å²) in [6.45, 7) is 2.37. The number of carbonyl (C=O) groups excluding carboxylic acids is 2. The van der Waals surface area contributed by atoms with E-state index in [1.54, 1.807) is 19.2 Å². The van der Waals surface area contributed by atoms with Gasteiger partial charge < -0.3 is 24.4 Å². The predicted molar refractivity (Wildman–Crippen MR) is 120 cm³/mol. The number of methoxy groups -OCH3 is 3. The summed E-state index contributed by atoms with van der Waals surface area (Å²) in [6, 6.07) is 11.1. The molecular weight excluding hydrogens is 410 g/mol. The number of amides is 2. The van der Waals surface area contributed by atoms with Gasteiger partial charge >= 0.3 is 0 Å². The van der Waals surface area contributed by atoms with Crippen LogP contribution in [0.5, 0.6) is 11.8 Å². The van der Waals surface area contributed by atoms with Crippen LogP contribution in [0.15, 0.2) is 36.4 Å². The lowest BCUT2D eigenvalue weighted by Gasteiger charge is -2.32. The van der Waals surface area contributed by atoms with Crippen molar-refractivity contribution in [1.29, 1.82) is 0 Å². The number of rotatable bonds is 9. The van der Waals surface area contributed by atoms with Crippen LogP contribution in [0.3, 0.4) is 0 Å². The molecule has 0 aliphatic carbocycles. The Balaban J connectivity index is 1.52. The van der Waals surface area contributed by atoms with E-state index in [0.717, 1.165) is 19.3 Å². The van der Waals surface area contributed by atoms with Gasteiger partial charge in [-0.1, -0.05) is 12.1 Å². The van der Waals surface area contributed by atoms with E-state index < -0.39 is 0 Å². The van der Waals surface area contributed by atoms with Crippen molar-refractivity contribution in [2.45, 2.75) is 19.3 Å². The fraction of sp³-hybridized carbons (Fsp3) is 0.458. The zero-order valence-corrected chi connectivity index (χ0v) is 18.9. The molecular formula is C24H31N3O5. The van der Waals surface area contributed by atoms with Crippen LogP contribution >= 0.6 is 0 Å². The molecule has 32 heavy (non-hydrogen) atoms. The van der Waals surface area contributed by atoms with Gasteiger partial charge in [0.25, 0.3) is 11.8 Å². The molecule has 8 nitrogen and oxygen atoms in total. The Kier molecular flexibility index (Phi) is 8.44. The number of nitrogens with zero attached hydrogens (tertiary/aromatic N) is 2. The van der Waals surface area contributed by atoms with Gasteiger partial charge in [-0.15, -0.1) is 0 Å². The molecule has 172 valence electrons. The van der Waals surface area contributed by atoms with Crippen molar-refractivity contribution in [2.24, 2.45) is 5.92 Å². The molecule has 1 saturated heterocycles. The molecule has 0 radical (unpaired) electrons. The highest BCUT2D eigenvalue weighted by Crippen LogP contribution is 2.26. The largest absolute Gasteiger partial charge is 0.481 e. The average Bonchev–Trinajstić information content (AvgIpc) is 2.84. The molecule has 2 aromatic rings. The molecule has 1 N–H and O–H groups in total. The minimum Gasteiger partial charge on any atom is -0.481 e. The van der Waals surface area contributed by atoms with Crippen LogP contribution in [0.1, 0.15) is 39.1 Å². The van der Waals surface area contributed by atoms with Crippen molar-refractivity contribution < 1.29 is 23.8 Å². The first-order chi connectivity index (χ1) is 15.5. The van der Waals surface area contributed by atoms with Crippen LogP contribution in [0.4, 0.5) is 0 Å². The van der Waals surface area contributed by atoms with Crippen LogP contribution < -0.4 is 14.8 Å². The van der Waals surface area contributed by atoms with Gasteiger partial charge in [-0.3, -0.25) is 9.59 Å². The van der Waals surface area contributed by atoms with Crippen LogP contribution in [-0.4, -0.2) is 69.3 Å². The lowest BCUT2D eigenvalue weighted by molar-refractivity contribution is 0.0686. The summed E-state index contributed by atoms with van der Waals surface area (Å²) >= 11 is 0. The van der Waals surface area contributed by atoms with E-state index in [-0.39, 0.29) is 17.7 Å². The first-order valence-corrected chi connectivity index (χ1v) is 10.8. The maximum Gasteiger partial charge on any atom is 0.259 e. The number of piperidine rings is 1. The SMILES string of the molecule is COCCNC(=O)c1ccc(CC2CCN(C(=O)c3ccc(OC)nc3OC)CC2)cc1. The third-order valence-corrected chi connectivity index (χ3v) is 5.70. The van der Waals surface area contributed by atoms with Crippen LogP contribution in [0, 0.1) is 5.92 Å². The minimum absolute atomic E-state index is 0.0701. The molecule has 1 fully saturated rings. The Hall–Kier alpha value is -3.13. The maximum atomic E-state index is 13.0. The second kappa shape index (κ2) is 11.5. The maximum absolute atomic E-state index is 13.0. The molecule has 1 aromatic carbocycles. The summed E-state index contributed by atoms with van der Waals surface area (Å²) in [4.78, 5) is 31.1. The Morgan fingerprint density at radius 2 is 1.75 bits per heavy atom. The number of ether oxygens (including phenoxy) is 3. The zero-order valence-electron chi connectivity index (χ0n) is 18.9. The zero-order chi connectivity index (χ0) is 22.9. The van der Waals surface area contributed by atoms with E-state index >= 15 is 0 Å². The van der Waals surface area contributed by atoms with Gasteiger partial charge in [-0.05, 0) is 48.9 Å². The second-order valence-corrected chi connectivity index (χ2v) is 7.80. The van der Waals surface area contributed by atoms with E-state index in [9.17, 15) is 9.59 Å². The van der Waals surface area contributed by atoms with Gasteiger partial charge in [0.1, 0.15) is 5.56 Å². The first-order valence-electron chi connectivity index (χ1n) is 10.8. The summed E-state index contributed by atoms with van der Waals surface area (Å²) in [7, 11) is 4.63. The van der Waals surface area contributed by atoms with Gasteiger partial charge in [0.05, 0.1) is 20.8 Å². The van der Waals surface area contributed by atoms with E-state index in [1.807, 2.05) is 29.2 Å². The predicted octanol–water partition coefficient (Wildman–Crippen LogP) is 2.57. The fourth-order valence-corrected chi connectivity index (χ4v) is 3.86. The molecule has 2 amide bonds. The van der Waals surface area contributed by atoms with E-state index in [2.05, 4.69) is 10.3 Å². The molecule has 1 aliphatic rings. The number of likely N-dealkylation sites (tertiary alicyclic amines) is 1. The van der Waals surface area contributed by atoms with Gasteiger partial charge in [-0.25, -0.2) is 0 Å². The van der Waals surface area contributed by atoms with Gasteiger partial charge in [0.15, 0.2) is 0 Å². The van der Waals surface area contributed by atoms with Crippen LogP contribution in [0.25, 0.3) is 0 Å². The Morgan fingerprint density at radius 1 is 1.03 bits per heavy atom. The topological polar surface area (TPSA) is 90.0 Å². The summed E-state index contributed by atoms with van der Waals surface area (Å²) < 4.78 is 15.3. The molecule has 1 aliphatic heterocycles. The monoisotopic (exact) mass is 441 g/mol. The first kappa shape index (κ1) is 23.5. The molecule has 0 atom stereocenters. The molecule has 3 rings (SSSR count). The number of nitrogens with one attached hydrogen (secondary N) is 1. The Bertz CT molecular complexity index is 908. The number of hydrogen-bond acceptors (Lipinski definition) is 6. The van der Waals surface area contributed by atoms with E-state index in [4.69, 9.17) is 14.2 Å². The van der Waals surface area contributed by atoms with Crippen molar-refractivity contribution in [2.75, 3.05) is 47.6 Å². The van der Waals surface area contributed by atoms with Crippen LogP contribution in [-0.2, 0) is 11.2 Å². The lowest BCUT2D eigenvalue weighted by atomic mass is 9.89. The fourth-order valence-electron chi connectivity index (χ4n) is 3.86. The average molecular weight is 442 g/mol. The summed E-state index contributed by atoms with van der Waals surface area (Å²) in [5.41, 5.74) is 2.29. The Labute approximate surface area is 188 Å². The van der Waals surface area contributed by atoms with Gasteiger partial charge in [0.2, 0.25) is 11.8 Å². The normalized spacial score (nSPS) is 14.2. The Morgan fingerprint density at radius 3 is 2.38 bits per heavy atom. The van der Waals surface area contributed by atoms with E-state index in [1.165, 1.54) is 19.8 Å². The number of benzene rings is 1. The van der Waals surface area contributed by atoms with Crippen molar-refractivity contribution in [3.8, 4) is 11.8 Å². The minimum atomic E-state index is -0.0936. The summed E-state index contributed by atoms with van der Waals surface area (Å²) in [5.74, 6) is 1.03. The molecule has 0 unspecified atom stereocenters. The molecule has 0 saturated carbocycles. The quantitative estimate of drug-likeness (QED) is 0.602. The summed E-state index contributed by atoms with van der Waals surface area (Å²) in [6.07, 6.45) is 2.79.